The van der Waals surface area contributed by atoms with Crippen LogP contribution in [0.4, 0.5) is 4.79 Å². The highest BCUT2D eigenvalue weighted by molar-refractivity contribution is 5.70. The van der Waals surface area contributed by atoms with Gasteiger partial charge in [0.1, 0.15) is 18.1 Å². The van der Waals surface area contributed by atoms with Crippen molar-refractivity contribution in [2.75, 3.05) is 26.7 Å². The molecule has 180 valence electrons. The molecule has 0 aliphatic carbocycles. The molecule has 0 fully saturated rings. The Kier molecular flexibility index (Phi) is 9.20. The summed E-state index contributed by atoms with van der Waals surface area (Å²) in [6, 6.07) is 8.95. The monoisotopic (exact) mass is 459 g/mol. The lowest BCUT2D eigenvalue weighted by Crippen LogP contribution is -2.44. The van der Waals surface area contributed by atoms with E-state index in [-0.39, 0.29) is 30.6 Å². The predicted octanol–water partition coefficient (Wildman–Crippen LogP) is 2.25. The molecule has 1 aliphatic rings. The molecule has 0 saturated heterocycles. The molecule has 3 rings (SSSR count). The van der Waals surface area contributed by atoms with Gasteiger partial charge < -0.3 is 24.4 Å². The fourth-order valence-electron chi connectivity index (χ4n) is 3.37. The van der Waals surface area contributed by atoms with Gasteiger partial charge in [0.15, 0.2) is 0 Å². The van der Waals surface area contributed by atoms with E-state index in [4.69, 9.17) is 14.2 Å². The van der Waals surface area contributed by atoms with Crippen molar-refractivity contribution in [1.29, 1.82) is 0 Å². The third-order valence-electron chi connectivity index (χ3n) is 5.43. The zero-order chi connectivity index (χ0) is 23.6. The summed E-state index contributed by atoms with van der Waals surface area (Å²) < 4.78 is 18.7. The van der Waals surface area contributed by atoms with Gasteiger partial charge in [0, 0.05) is 32.6 Å². The Bertz CT molecular complexity index is 890. The molecule has 10 nitrogen and oxygen atoms in total. The first kappa shape index (κ1) is 24.7. The number of fused-ring (bicyclic) bond motifs is 2. The van der Waals surface area contributed by atoms with Gasteiger partial charge in [-0.3, -0.25) is 9.48 Å². The maximum absolute atomic E-state index is 12.6. The van der Waals surface area contributed by atoms with Crippen LogP contribution in [0.15, 0.2) is 36.5 Å². The molecule has 1 aromatic heterocycles. The second kappa shape index (κ2) is 12.3. The molecule has 1 amide bonds. The number of aromatic nitrogens is 3. The molecule has 2 heterocycles. The Balaban J connectivity index is 1.65. The van der Waals surface area contributed by atoms with Crippen LogP contribution >= 0.6 is 0 Å². The van der Waals surface area contributed by atoms with E-state index >= 15 is 0 Å². The number of rotatable bonds is 3. The van der Waals surface area contributed by atoms with Crippen LogP contribution in [0.1, 0.15) is 32.4 Å². The van der Waals surface area contributed by atoms with Gasteiger partial charge in [-0.25, -0.2) is 4.79 Å². The summed E-state index contributed by atoms with van der Waals surface area (Å²) in [4.78, 5) is 26.0. The van der Waals surface area contributed by atoms with Crippen LogP contribution in [0.3, 0.4) is 0 Å². The standard InChI is InChI=1S/C23H33N5O5/c1-17-12-24-18(2)15-32-22(29)10-7-11-28-13-19(25-26-28)16-31-21(17)14-27(3)23(30)33-20-8-5-4-6-9-20/h4-6,8-9,13,17-18,21,24H,7,10-12,14-16H2,1-3H3/t17-,18-,21-/m1/s1. The quantitative estimate of drug-likeness (QED) is 0.697. The smallest absolute Gasteiger partial charge is 0.415 e. The Hall–Kier alpha value is -2.98. The topological polar surface area (TPSA) is 108 Å². The maximum atomic E-state index is 12.6. The molecule has 0 unspecified atom stereocenters. The third-order valence-corrected chi connectivity index (χ3v) is 5.43. The first-order valence-electron chi connectivity index (χ1n) is 11.3. The fraction of sp³-hybridized carbons (Fsp3) is 0.565. The van der Waals surface area contributed by atoms with Crippen LogP contribution in [-0.2, 0) is 27.4 Å². The predicted molar refractivity (Wildman–Crippen MR) is 121 cm³/mol. The first-order valence-corrected chi connectivity index (χ1v) is 11.3. The number of cyclic esters (lactones) is 1. The van der Waals surface area contributed by atoms with Gasteiger partial charge in [-0.2, -0.15) is 0 Å². The molecule has 2 bridgehead atoms. The number of benzene rings is 1. The van der Waals surface area contributed by atoms with Crippen molar-refractivity contribution < 1.29 is 23.8 Å². The van der Waals surface area contributed by atoms with Gasteiger partial charge in [-0.1, -0.05) is 30.3 Å². The second-order valence-corrected chi connectivity index (χ2v) is 8.46. The number of likely N-dealkylation sites (N-methyl/N-ethyl adjacent to an activating group) is 1. The van der Waals surface area contributed by atoms with E-state index in [2.05, 4.69) is 15.6 Å². The number of hydrogen-bond donors (Lipinski definition) is 1. The highest BCUT2D eigenvalue weighted by Crippen LogP contribution is 2.14. The van der Waals surface area contributed by atoms with E-state index < -0.39 is 6.09 Å². The Labute approximate surface area is 194 Å². The lowest BCUT2D eigenvalue weighted by molar-refractivity contribution is -0.144. The number of ether oxygens (including phenoxy) is 3. The third kappa shape index (κ3) is 8.14. The Morgan fingerprint density at radius 3 is 2.88 bits per heavy atom. The maximum Gasteiger partial charge on any atom is 0.415 e. The van der Waals surface area contributed by atoms with Gasteiger partial charge in [-0.05, 0) is 31.4 Å². The molecule has 10 heteroatoms. The number of esters is 1. The zero-order valence-corrected chi connectivity index (χ0v) is 19.5. The van der Waals surface area contributed by atoms with Crippen LogP contribution in [0.2, 0.25) is 0 Å². The molecule has 1 aliphatic heterocycles. The van der Waals surface area contributed by atoms with Gasteiger partial charge in [0.25, 0.3) is 0 Å². The molecule has 2 aromatic rings. The van der Waals surface area contributed by atoms with Crippen LogP contribution in [0.5, 0.6) is 5.75 Å². The minimum Gasteiger partial charge on any atom is -0.464 e. The van der Waals surface area contributed by atoms with E-state index in [1.165, 1.54) is 4.90 Å². The molecule has 0 radical (unpaired) electrons. The van der Waals surface area contributed by atoms with E-state index in [9.17, 15) is 9.59 Å². The minimum absolute atomic E-state index is 0.00151. The number of carbonyl (C=O) groups excluding carboxylic acids is 2. The van der Waals surface area contributed by atoms with Gasteiger partial charge in [0.2, 0.25) is 0 Å². The van der Waals surface area contributed by atoms with Crippen LogP contribution in [0.25, 0.3) is 0 Å². The van der Waals surface area contributed by atoms with Crippen molar-refractivity contribution in [2.45, 2.75) is 52.0 Å². The number of nitrogens with zero attached hydrogens (tertiary/aromatic N) is 4. The van der Waals surface area contributed by atoms with Crippen molar-refractivity contribution in [2.24, 2.45) is 5.92 Å². The summed E-state index contributed by atoms with van der Waals surface area (Å²) in [5.74, 6) is 0.324. The lowest BCUT2D eigenvalue weighted by Gasteiger charge is -2.29. The van der Waals surface area contributed by atoms with Crippen molar-refractivity contribution in [3.05, 3.63) is 42.2 Å². The number of nitrogens with one attached hydrogen (secondary N) is 1. The molecular weight excluding hydrogens is 426 g/mol. The van der Waals surface area contributed by atoms with Crippen molar-refractivity contribution in [1.82, 2.24) is 25.2 Å². The van der Waals surface area contributed by atoms with E-state index in [1.807, 2.05) is 38.2 Å². The second-order valence-electron chi connectivity index (χ2n) is 8.46. The molecule has 1 aromatic carbocycles. The highest BCUT2D eigenvalue weighted by atomic mass is 16.6. The zero-order valence-electron chi connectivity index (χ0n) is 19.5. The van der Waals surface area contributed by atoms with Gasteiger partial charge in [0.05, 0.1) is 25.5 Å². The molecule has 1 N–H and O–H groups in total. The van der Waals surface area contributed by atoms with Crippen molar-refractivity contribution >= 4 is 12.1 Å². The van der Waals surface area contributed by atoms with E-state index in [1.54, 1.807) is 23.9 Å². The summed E-state index contributed by atoms with van der Waals surface area (Å²) in [6.07, 6.45) is 2.04. The molecule has 0 spiro atoms. The molecule has 0 saturated carbocycles. The number of amides is 1. The summed E-state index contributed by atoms with van der Waals surface area (Å²) in [6.45, 7) is 6.12. The number of carbonyl (C=O) groups is 2. The summed E-state index contributed by atoms with van der Waals surface area (Å²) in [5.41, 5.74) is 0.692. The molecule has 33 heavy (non-hydrogen) atoms. The lowest BCUT2D eigenvalue weighted by atomic mass is 10.0. The Morgan fingerprint density at radius 1 is 1.30 bits per heavy atom. The fourth-order valence-corrected chi connectivity index (χ4v) is 3.37. The normalized spacial score (nSPS) is 22.9. The Morgan fingerprint density at radius 2 is 2.09 bits per heavy atom. The summed E-state index contributed by atoms with van der Waals surface area (Å²) >= 11 is 0. The number of hydrogen-bond acceptors (Lipinski definition) is 8. The minimum atomic E-state index is -0.455. The average molecular weight is 460 g/mol. The van der Waals surface area contributed by atoms with Crippen molar-refractivity contribution in [3.63, 3.8) is 0 Å². The SMILES string of the molecule is C[C@@H]1COC(=O)CCCn2cc(nn2)CO[C@H](CN(C)C(=O)Oc2ccccc2)[C@H](C)CN1. The van der Waals surface area contributed by atoms with Crippen LogP contribution in [0, 0.1) is 5.92 Å². The van der Waals surface area contributed by atoms with E-state index in [0.717, 1.165) is 0 Å². The average Bonchev–Trinajstić information content (AvgIpc) is 3.26. The summed E-state index contributed by atoms with van der Waals surface area (Å²) in [5, 5.41) is 11.6. The van der Waals surface area contributed by atoms with Gasteiger partial charge >= 0.3 is 12.1 Å². The highest BCUT2D eigenvalue weighted by Gasteiger charge is 2.24. The van der Waals surface area contributed by atoms with Crippen LogP contribution in [-0.4, -0.2) is 70.8 Å². The molecule has 3 atom stereocenters. The largest absolute Gasteiger partial charge is 0.464 e. The van der Waals surface area contributed by atoms with Crippen molar-refractivity contribution in [3.8, 4) is 5.75 Å². The van der Waals surface area contributed by atoms with E-state index in [0.29, 0.717) is 50.5 Å². The van der Waals surface area contributed by atoms with Gasteiger partial charge in [-0.15, -0.1) is 5.10 Å². The summed E-state index contributed by atoms with van der Waals surface area (Å²) in [7, 11) is 1.69. The van der Waals surface area contributed by atoms with Crippen LogP contribution < -0.4 is 10.1 Å². The number of para-hydroxylation sites is 1. The molecular formula is C23H33N5O5. The first-order chi connectivity index (χ1) is 15.9. The number of aryl methyl sites for hydroxylation is 1.